The molecule has 3 heterocycles. The van der Waals surface area contributed by atoms with Gasteiger partial charge in [-0.2, -0.15) is 5.10 Å². The molecule has 35 heavy (non-hydrogen) atoms. The molecular formula is C25H26N4O6. The number of fused-ring (bicyclic) bond motifs is 1. The normalized spacial score (nSPS) is 10.5. The van der Waals surface area contributed by atoms with Crippen LogP contribution < -0.4 is 5.56 Å². The van der Waals surface area contributed by atoms with Crippen LogP contribution in [0.4, 0.5) is 0 Å². The van der Waals surface area contributed by atoms with Gasteiger partial charge in [-0.1, -0.05) is 18.2 Å². The van der Waals surface area contributed by atoms with Crippen molar-refractivity contribution < 1.29 is 23.9 Å². The molecule has 1 N–H and O–H groups in total. The number of hydrogen-bond acceptors (Lipinski definition) is 6. The molecule has 0 saturated heterocycles. The second-order valence-corrected chi connectivity index (χ2v) is 8.10. The monoisotopic (exact) mass is 478 g/mol. The Morgan fingerprint density at radius 2 is 1.77 bits per heavy atom. The lowest BCUT2D eigenvalue weighted by Gasteiger charge is -2.09. The number of hydrogen-bond donors (Lipinski definition) is 1. The number of amides is 1. The summed E-state index contributed by atoms with van der Waals surface area (Å²) in [5, 5.41) is 13.9. The molecule has 10 nitrogen and oxygen atoms in total. The molecule has 0 aliphatic rings. The number of aromatic carboxylic acids is 1. The number of nitrogens with zero attached hydrogens (tertiary/aromatic N) is 4. The molecule has 4 aromatic rings. The van der Waals surface area contributed by atoms with Crippen molar-refractivity contribution in [3.63, 3.8) is 0 Å². The second-order valence-electron chi connectivity index (χ2n) is 8.10. The summed E-state index contributed by atoms with van der Waals surface area (Å²) in [4.78, 5) is 48.3. The summed E-state index contributed by atoms with van der Waals surface area (Å²) >= 11 is 0. The summed E-state index contributed by atoms with van der Waals surface area (Å²) in [5.41, 5.74) is 1.30. The van der Waals surface area contributed by atoms with Crippen LogP contribution in [0.2, 0.25) is 0 Å². The first-order chi connectivity index (χ1) is 16.6. The van der Waals surface area contributed by atoms with Crippen molar-refractivity contribution in [1.82, 2.24) is 19.2 Å². The third-order valence-electron chi connectivity index (χ3n) is 5.34. The minimum absolute atomic E-state index is 0.209. The van der Waals surface area contributed by atoms with E-state index in [0.29, 0.717) is 12.1 Å². The van der Waals surface area contributed by atoms with Gasteiger partial charge in [0.05, 0.1) is 18.2 Å². The summed E-state index contributed by atoms with van der Waals surface area (Å²) < 4.78 is 8.26. The van der Waals surface area contributed by atoms with Crippen molar-refractivity contribution in [2.75, 3.05) is 14.1 Å². The van der Waals surface area contributed by atoms with E-state index in [9.17, 15) is 24.3 Å². The highest BCUT2D eigenvalue weighted by Gasteiger charge is 2.20. The van der Waals surface area contributed by atoms with Gasteiger partial charge in [-0.3, -0.25) is 14.4 Å². The molecule has 0 spiro atoms. The zero-order valence-electron chi connectivity index (χ0n) is 19.9. The Morgan fingerprint density at radius 1 is 1.11 bits per heavy atom. The average Bonchev–Trinajstić information content (AvgIpc) is 3.45. The van der Waals surface area contributed by atoms with E-state index in [1.807, 2.05) is 24.5 Å². The fourth-order valence-electron chi connectivity index (χ4n) is 3.61. The number of carbonyl (C=O) groups excluding carboxylic acids is 2. The van der Waals surface area contributed by atoms with Crippen molar-refractivity contribution in [3.8, 4) is 0 Å². The summed E-state index contributed by atoms with van der Waals surface area (Å²) in [7, 11) is 3.38. The van der Waals surface area contributed by atoms with Gasteiger partial charge in [0.25, 0.3) is 5.56 Å². The zero-order valence-corrected chi connectivity index (χ0v) is 19.9. The van der Waals surface area contributed by atoms with Crippen molar-refractivity contribution in [2.45, 2.75) is 26.9 Å². The van der Waals surface area contributed by atoms with Gasteiger partial charge < -0.3 is 19.0 Å². The van der Waals surface area contributed by atoms with Crippen LogP contribution in [-0.4, -0.2) is 56.6 Å². The Hall–Kier alpha value is -4.47. The number of carbonyl (C=O) groups is 3. The highest BCUT2D eigenvalue weighted by atomic mass is 16.4. The highest BCUT2D eigenvalue weighted by molar-refractivity contribution is 6.01. The summed E-state index contributed by atoms with van der Waals surface area (Å²) in [6.07, 6.45) is 2.34. The topological polar surface area (TPSA) is 128 Å². The first-order valence-electron chi connectivity index (χ1n) is 10.7. The molecule has 0 bridgehead atoms. The Labute approximate surface area is 201 Å². The molecule has 0 aliphatic heterocycles. The standard InChI is InChI=1S/C22H19N3O5.C3H7NO/c1-13-10-18(14(2)24(13)11-15-6-5-9-30-15)19(26)12-25-21(27)17-8-4-3-7-16(17)20(23-25)22(28)29;1-4(2)3-5/h3-10H,11-12H2,1-2H3,(H,28,29);3H,1-2H3. The third-order valence-corrected chi connectivity index (χ3v) is 5.34. The van der Waals surface area contributed by atoms with E-state index in [2.05, 4.69) is 5.10 Å². The van der Waals surface area contributed by atoms with Crippen molar-refractivity contribution in [3.05, 3.63) is 87.5 Å². The fraction of sp³-hybridized carbons (Fsp3) is 0.240. The smallest absolute Gasteiger partial charge is 0.357 e. The van der Waals surface area contributed by atoms with Crippen LogP contribution in [0.5, 0.6) is 0 Å². The minimum atomic E-state index is -1.26. The van der Waals surface area contributed by atoms with Crippen LogP contribution in [0.1, 0.15) is 38.0 Å². The Kier molecular flexibility index (Phi) is 7.65. The summed E-state index contributed by atoms with van der Waals surface area (Å²) in [6, 6.07) is 11.7. The number of furan rings is 1. The van der Waals surface area contributed by atoms with Crippen LogP contribution >= 0.6 is 0 Å². The number of rotatable bonds is 7. The predicted octanol–water partition coefficient (Wildman–Crippen LogP) is 2.74. The third kappa shape index (κ3) is 5.55. The second kappa shape index (κ2) is 10.6. The number of carboxylic acid groups (broad SMARTS) is 1. The molecule has 0 radical (unpaired) electrons. The Bertz CT molecular complexity index is 1430. The number of carboxylic acids is 1. The fourth-order valence-corrected chi connectivity index (χ4v) is 3.61. The highest BCUT2D eigenvalue weighted by Crippen LogP contribution is 2.19. The van der Waals surface area contributed by atoms with E-state index in [1.54, 1.807) is 44.6 Å². The maximum Gasteiger partial charge on any atom is 0.357 e. The molecular weight excluding hydrogens is 452 g/mol. The first-order valence-corrected chi connectivity index (χ1v) is 10.7. The first kappa shape index (κ1) is 25.2. The number of Topliss-reactive ketones (excluding diaryl/α,β-unsaturated/α-hetero) is 1. The largest absolute Gasteiger partial charge is 0.476 e. The molecule has 0 fully saturated rings. The van der Waals surface area contributed by atoms with Crippen LogP contribution in [0, 0.1) is 13.8 Å². The molecule has 182 valence electrons. The van der Waals surface area contributed by atoms with Crippen LogP contribution in [0.25, 0.3) is 10.8 Å². The van der Waals surface area contributed by atoms with Crippen LogP contribution in [0.15, 0.2) is 57.9 Å². The van der Waals surface area contributed by atoms with Crippen molar-refractivity contribution in [1.29, 1.82) is 0 Å². The van der Waals surface area contributed by atoms with Crippen LogP contribution in [-0.2, 0) is 17.9 Å². The van der Waals surface area contributed by atoms with E-state index < -0.39 is 11.5 Å². The molecule has 10 heteroatoms. The predicted molar refractivity (Wildman–Crippen MR) is 129 cm³/mol. The Balaban J connectivity index is 0.000000623. The lowest BCUT2D eigenvalue weighted by atomic mass is 10.1. The van der Waals surface area contributed by atoms with Gasteiger partial charge in [0.15, 0.2) is 11.5 Å². The van der Waals surface area contributed by atoms with Gasteiger partial charge in [0.2, 0.25) is 6.41 Å². The van der Waals surface area contributed by atoms with Gasteiger partial charge in [-0.15, -0.1) is 0 Å². The maximum absolute atomic E-state index is 13.0. The van der Waals surface area contributed by atoms with Crippen molar-refractivity contribution in [2.24, 2.45) is 0 Å². The minimum Gasteiger partial charge on any atom is -0.476 e. The summed E-state index contributed by atoms with van der Waals surface area (Å²) in [6.45, 7) is 3.84. The van der Waals surface area contributed by atoms with Gasteiger partial charge in [0.1, 0.15) is 12.3 Å². The van der Waals surface area contributed by atoms with Gasteiger partial charge in [0, 0.05) is 36.4 Å². The van der Waals surface area contributed by atoms with Crippen molar-refractivity contribution >= 4 is 28.9 Å². The van der Waals surface area contributed by atoms with E-state index in [-0.39, 0.29) is 28.8 Å². The molecule has 0 saturated carbocycles. The van der Waals surface area contributed by atoms with Crippen LogP contribution in [0.3, 0.4) is 0 Å². The van der Waals surface area contributed by atoms with Gasteiger partial charge >= 0.3 is 5.97 Å². The molecule has 1 aromatic carbocycles. The van der Waals surface area contributed by atoms with E-state index in [1.165, 1.54) is 17.0 Å². The number of aromatic nitrogens is 3. The molecule has 1 amide bonds. The maximum atomic E-state index is 13.0. The molecule has 0 atom stereocenters. The van der Waals surface area contributed by atoms with Gasteiger partial charge in [-0.25, -0.2) is 9.48 Å². The lowest BCUT2D eigenvalue weighted by Crippen LogP contribution is -2.29. The van der Waals surface area contributed by atoms with Gasteiger partial charge in [-0.05, 0) is 38.1 Å². The number of benzene rings is 1. The average molecular weight is 479 g/mol. The summed E-state index contributed by atoms with van der Waals surface area (Å²) in [5.74, 6) is -0.826. The number of ketones is 1. The van der Waals surface area contributed by atoms with E-state index in [4.69, 9.17) is 4.42 Å². The molecule has 0 aliphatic carbocycles. The lowest BCUT2D eigenvalue weighted by molar-refractivity contribution is -0.115. The van der Waals surface area contributed by atoms with E-state index in [0.717, 1.165) is 28.2 Å². The molecule has 4 rings (SSSR count). The quantitative estimate of drug-likeness (QED) is 0.319. The SMILES string of the molecule is CN(C)C=O.Cc1cc(C(=O)Cn2nc(C(=O)O)c3ccccc3c2=O)c(C)n1Cc1ccco1. The molecule has 0 unspecified atom stereocenters. The Morgan fingerprint density at radius 3 is 2.34 bits per heavy atom. The molecule has 3 aromatic heterocycles. The zero-order chi connectivity index (χ0) is 25.7. The number of aryl methyl sites for hydroxylation is 1. The van der Waals surface area contributed by atoms with E-state index >= 15 is 0 Å².